The average molecular weight is 537 g/mol. The maximum absolute atomic E-state index is 14.1. The number of carboxylic acids is 1. The monoisotopic (exact) mass is 536 g/mol. The second-order valence-electron chi connectivity index (χ2n) is 10.0. The molecule has 0 aliphatic heterocycles. The fourth-order valence-electron chi connectivity index (χ4n) is 4.35. The molecule has 0 aliphatic rings. The predicted molar refractivity (Wildman–Crippen MR) is 134 cm³/mol. The molecule has 3 aromatic rings. The molecule has 10 heteroatoms. The number of rotatable bonds is 10. The Morgan fingerprint density at radius 3 is 2.41 bits per heavy atom. The van der Waals surface area contributed by atoms with Crippen LogP contribution in [0.4, 0.5) is 13.2 Å². The molecule has 0 saturated carbocycles. The number of aromatic amines is 1. The summed E-state index contributed by atoms with van der Waals surface area (Å²) >= 11 is 6.07. The first-order valence-corrected chi connectivity index (χ1v) is 12.1. The molecule has 1 aromatic heterocycles. The van der Waals surface area contributed by atoms with Crippen molar-refractivity contribution in [3.63, 3.8) is 0 Å². The Kier molecular flexibility index (Phi) is 8.68. The number of hydrogen-bond donors (Lipinski definition) is 3. The number of fused-ring (bicyclic) bond motifs is 1. The number of aryl methyl sites for hydroxylation is 1. The molecule has 2 aromatic carbocycles. The van der Waals surface area contributed by atoms with E-state index in [4.69, 9.17) is 11.6 Å². The lowest BCUT2D eigenvalue weighted by atomic mass is 9.86. The summed E-state index contributed by atoms with van der Waals surface area (Å²) in [6.07, 6.45) is 1.08. The van der Waals surface area contributed by atoms with Gasteiger partial charge in [-0.1, -0.05) is 23.7 Å². The summed E-state index contributed by atoms with van der Waals surface area (Å²) in [5.41, 5.74) is -0.0961. The summed E-state index contributed by atoms with van der Waals surface area (Å²) in [7, 11) is 0. The van der Waals surface area contributed by atoms with Crippen LogP contribution < -0.4 is 5.32 Å². The van der Waals surface area contributed by atoms with Crippen molar-refractivity contribution in [1.82, 2.24) is 10.3 Å². The van der Waals surface area contributed by atoms with Crippen LogP contribution in [-0.4, -0.2) is 33.8 Å². The van der Waals surface area contributed by atoms with Crippen LogP contribution in [0.15, 0.2) is 30.3 Å². The number of halogens is 4. The van der Waals surface area contributed by atoms with Crippen LogP contribution in [0.25, 0.3) is 10.9 Å². The smallest absolute Gasteiger partial charge is 0.352 e. The van der Waals surface area contributed by atoms with E-state index >= 15 is 0 Å². The van der Waals surface area contributed by atoms with E-state index in [1.807, 2.05) is 0 Å². The molecule has 6 nitrogen and oxygen atoms in total. The molecule has 3 rings (SSSR count). The summed E-state index contributed by atoms with van der Waals surface area (Å²) in [5.74, 6) is -7.39. The van der Waals surface area contributed by atoms with Gasteiger partial charge in [-0.2, -0.15) is 0 Å². The first-order valence-electron chi connectivity index (χ1n) is 11.8. The molecule has 0 bridgehead atoms. The fourth-order valence-corrected chi connectivity index (χ4v) is 4.52. The minimum atomic E-state index is -1.57. The van der Waals surface area contributed by atoms with E-state index in [0.717, 1.165) is 12.1 Å². The summed E-state index contributed by atoms with van der Waals surface area (Å²) in [4.78, 5) is 40.1. The molecule has 1 amide bonds. The zero-order valence-electron chi connectivity index (χ0n) is 20.6. The maximum atomic E-state index is 14.1. The van der Waals surface area contributed by atoms with Crippen LogP contribution in [-0.2, 0) is 16.0 Å². The summed E-state index contributed by atoms with van der Waals surface area (Å²) in [6.45, 7) is 5.37. The highest BCUT2D eigenvalue weighted by molar-refractivity contribution is 6.31. The number of aromatic nitrogens is 1. The van der Waals surface area contributed by atoms with Crippen molar-refractivity contribution in [3.05, 3.63) is 69.6 Å². The molecular weight excluding hydrogens is 509 g/mol. The number of carboxylic acid groups (broad SMARTS) is 1. The van der Waals surface area contributed by atoms with Gasteiger partial charge in [0.1, 0.15) is 12.0 Å². The summed E-state index contributed by atoms with van der Waals surface area (Å²) in [5, 5.41) is 13.6. The third-order valence-electron chi connectivity index (χ3n) is 6.10. The first-order chi connectivity index (χ1) is 17.3. The number of hydrogen-bond acceptors (Lipinski definition) is 3. The second-order valence-corrected chi connectivity index (χ2v) is 10.5. The Balaban J connectivity index is 1.91. The normalized spacial score (nSPS) is 13.4. The van der Waals surface area contributed by atoms with Gasteiger partial charge in [0.2, 0.25) is 5.91 Å². The Hall–Kier alpha value is -3.33. The van der Waals surface area contributed by atoms with Gasteiger partial charge >= 0.3 is 5.97 Å². The van der Waals surface area contributed by atoms with E-state index in [2.05, 4.69) is 10.3 Å². The Bertz CT molecular complexity index is 1330. The quantitative estimate of drug-likeness (QED) is 0.213. The van der Waals surface area contributed by atoms with Crippen molar-refractivity contribution in [2.75, 3.05) is 0 Å². The van der Waals surface area contributed by atoms with Gasteiger partial charge in [-0.25, -0.2) is 18.0 Å². The molecule has 0 radical (unpaired) electrons. The standard InChI is InChI=1S/C27H28ClF3N2O4/c1-27(2,3)33-25(35)18(21-17-10-8-16(28)12-20(17)32-24(21)26(36)37)9-5-14(13-34)4-6-15-7-11-19(29)23(31)22(15)30/h7-8,10-14,18,32H,4-6,9H2,1-3H3,(H,33,35)(H,36,37). The number of nitrogens with one attached hydrogen (secondary N) is 2. The molecule has 3 N–H and O–H groups in total. The predicted octanol–water partition coefficient (Wildman–Crippen LogP) is 6.16. The lowest BCUT2D eigenvalue weighted by molar-refractivity contribution is -0.124. The van der Waals surface area contributed by atoms with E-state index in [1.165, 1.54) is 0 Å². The number of amides is 1. The molecule has 0 aliphatic carbocycles. The Morgan fingerprint density at radius 1 is 1.08 bits per heavy atom. The van der Waals surface area contributed by atoms with Crippen LogP contribution in [0.5, 0.6) is 0 Å². The van der Waals surface area contributed by atoms with Crippen molar-refractivity contribution in [1.29, 1.82) is 0 Å². The Morgan fingerprint density at radius 2 is 1.78 bits per heavy atom. The third-order valence-corrected chi connectivity index (χ3v) is 6.33. The lowest BCUT2D eigenvalue weighted by Gasteiger charge is -2.26. The Labute approximate surface area is 217 Å². The highest BCUT2D eigenvalue weighted by Crippen LogP contribution is 2.35. The van der Waals surface area contributed by atoms with Gasteiger partial charge < -0.3 is 20.2 Å². The maximum Gasteiger partial charge on any atom is 0.352 e. The highest BCUT2D eigenvalue weighted by atomic mass is 35.5. The SMILES string of the molecule is CC(C)(C)NC(=O)C(CCC(C=O)CCc1ccc(F)c(F)c1F)c1c(C(=O)O)[nH]c2cc(Cl)ccc12. The van der Waals surface area contributed by atoms with E-state index in [-0.39, 0.29) is 42.5 Å². The molecule has 2 atom stereocenters. The molecule has 37 heavy (non-hydrogen) atoms. The second kappa shape index (κ2) is 11.4. The summed E-state index contributed by atoms with van der Waals surface area (Å²) < 4.78 is 40.8. The minimum Gasteiger partial charge on any atom is -0.477 e. The van der Waals surface area contributed by atoms with Crippen molar-refractivity contribution in [2.45, 2.75) is 57.9 Å². The van der Waals surface area contributed by atoms with Crippen LogP contribution in [0.3, 0.4) is 0 Å². The number of carbonyl (C=O) groups excluding carboxylic acids is 2. The van der Waals surface area contributed by atoms with Crippen molar-refractivity contribution in [2.24, 2.45) is 5.92 Å². The van der Waals surface area contributed by atoms with Gasteiger partial charge in [0.25, 0.3) is 0 Å². The van der Waals surface area contributed by atoms with Gasteiger partial charge in [0.05, 0.1) is 5.92 Å². The van der Waals surface area contributed by atoms with Crippen LogP contribution >= 0.6 is 11.6 Å². The van der Waals surface area contributed by atoms with Crippen molar-refractivity contribution in [3.8, 4) is 0 Å². The highest BCUT2D eigenvalue weighted by Gasteiger charge is 2.32. The van der Waals surface area contributed by atoms with Gasteiger partial charge in [-0.05, 0) is 70.2 Å². The van der Waals surface area contributed by atoms with Gasteiger partial charge in [0.15, 0.2) is 17.5 Å². The van der Waals surface area contributed by atoms with Crippen LogP contribution in [0.2, 0.25) is 5.02 Å². The molecular formula is C27H28ClF3N2O4. The van der Waals surface area contributed by atoms with Crippen molar-refractivity contribution >= 4 is 40.7 Å². The van der Waals surface area contributed by atoms with Crippen molar-refractivity contribution < 1.29 is 32.7 Å². The first kappa shape index (κ1) is 28.2. The topological polar surface area (TPSA) is 99.3 Å². The molecule has 0 saturated heterocycles. The molecule has 198 valence electrons. The largest absolute Gasteiger partial charge is 0.477 e. The molecule has 1 heterocycles. The average Bonchev–Trinajstić information content (AvgIpc) is 3.18. The minimum absolute atomic E-state index is 0.0166. The van der Waals surface area contributed by atoms with E-state index in [0.29, 0.717) is 22.2 Å². The molecule has 2 unspecified atom stereocenters. The number of benzene rings is 2. The zero-order valence-corrected chi connectivity index (χ0v) is 21.4. The number of aromatic carboxylic acids is 1. The van der Waals surface area contributed by atoms with Gasteiger partial charge in [-0.15, -0.1) is 0 Å². The fraction of sp³-hybridized carbons (Fsp3) is 0.370. The van der Waals surface area contributed by atoms with Gasteiger partial charge in [-0.3, -0.25) is 4.79 Å². The van der Waals surface area contributed by atoms with E-state index in [1.54, 1.807) is 39.0 Å². The summed E-state index contributed by atoms with van der Waals surface area (Å²) in [6, 6.07) is 6.75. The zero-order chi connectivity index (χ0) is 27.5. The third kappa shape index (κ3) is 6.71. The number of H-pyrrole nitrogens is 1. The number of carbonyl (C=O) groups is 3. The van der Waals surface area contributed by atoms with Crippen LogP contribution in [0, 0.1) is 23.4 Å². The molecule has 0 fully saturated rings. The molecule has 0 spiro atoms. The lowest BCUT2D eigenvalue weighted by Crippen LogP contribution is -2.43. The number of aldehydes is 1. The van der Waals surface area contributed by atoms with Gasteiger partial charge in [0, 0.05) is 32.9 Å². The van der Waals surface area contributed by atoms with E-state index in [9.17, 15) is 32.7 Å². The van der Waals surface area contributed by atoms with E-state index < -0.39 is 46.7 Å². The van der Waals surface area contributed by atoms with Crippen LogP contribution in [0.1, 0.15) is 67.6 Å².